The summed E-state index contributed by atoms with van der Waals surface area (Å²) >= 11 is 0. The molecule has 3 aromatic heterocycles. The van der Waals surface area contributed by atoms with Crippen LogP contribution in [0.25, 0.3) is 16.6 Å². The number of piperidine rings is 1. The maximum absolute atomic E-state index is 12.7. The van der Waals surface area contributed by atoms with Crippen molar-refractivity contribution >= 4 is 22.5 Å². The van der Waals surface area contributed by atoms with Crippen molar-refractivity contribution in [3.05, 3.63) is 34.6 Å². The minimum atomic E-state index is -0.297. The highest BCUT2D eigenvalue weighted by Crippen LogP contribution is 2.20. The zero-order chi connectivity index (χ0) is 19.7. The molecule has 28 heavy (non-hydrogen) atoms. The quantitative estimate of drug-likeness (QED) is 0.654. The Labute approximate surface area is 163 Å². The number of likely N-dealkylation sites (tertiary alicyclic amines) is 1. The number of hydrogen-bond donors (Lipinski definition) is 1. The highest BCUT2D eigenvalue weighted by Gasteiger charge is 2.17. The fourth-order valence-corrected chi connectivity index (χ4v) is 4.15. The lowest BCUT2D eigenvalue weighted by molar-refractivity contribution is -0.121. The summed E-state index contributed by atoms with van der Waals surface area (Å²) in [5, 5.41) is 7.22. The first kappa shape index (κ1) is 18.7. The molecule has 1 fully saturated rings. The Kier molecular flexibility index (Phi) is 5.21. The number of furan rings is 1. The molecule has 1 amide bonds. The Morgan fingerprint density at radius 2 is 2.25 bits per heavy atom. The van der Waals surface area contributed by atoms with Crippen LogP contribution < -0.4 is 10.9 Å². The van der Waals surface area contributed by atoms with Crippen LogP contribution in [-0.2, 0) is 11.3 Å². The first-order valence-electron chi connectivity index (χ1n) is 9.98. The summed E-state index contributed by atoms with van der Waals surface area (Å²) in [6.45, 7) is 7.93. The van der Waals surface area contributed by atoms with E-state index in [4.69, 9.17) is 4.42 Å². The molecule has 4 heterocycles. The monoisotopic (exact) mass is 385 g/mol. The van der Waals surface area contributed by atoms with E-state index in [0.29, 0.717) is 23.5 Å². The molecular weight excluding hydrogens is 358 g/mol. The highest BCUT2D eigenvalue weighted by atomic mass is 16.3. The van der Waals surface area contributed by atoms with Crippen LogP contribution in [0, 0.1) is 12.8 Å². The molecule has 0 aliphatic carbocycles. The number of amides is 1. The molecule has 1 aliphatic heterocycles. The van der Waals surface area contributed by atoms with Crippen LogP contribution in [-0.4, -0.2) is 51.2 Å². The molecule has 0 saturated carbocycles. The molecule has 0 unspecified atom stereocenters. The lowest BCUT2D eigenvalue weighted by atomic mass is 10.0. The average molecular weight is 385 g/mol. The van der Waals surface area contributed by atoms with Gasteiger partial charge in [-0.25, -0.2) is 4.68 Å². The van der Waals surface area contributed by atoms with E-state index >= 15 is 0 Å². The van der Waals surface area contributed by atoms with Crippen LogP contribution in [0.5, 0.6) is 0 Å². The lowest BCUT2D eigenvalue weighted by Gasteiger charge is -2.30. The van der Waals surface area contributed by atoms with Crippen LogP contribution in [0.15, 0.2) is 27.6 Å². The minimum absolute atomic E-state index is 0.0799. The van der Waals surface area contributed by atoms with Gasteiger partial charge in [-0.2, -0.15) is 5.10 Å². The van der Waals surface area contributed by atoms with Crippen LogP contribution in [0.4, 0.5) is 0 Å². The number of hydrogen-bond acceptors (Lipinski definition) is 5. The Hall–Kier alpha value is -2.61. The van der Waals surface area contributed by atoms with Crippen molar-refractivity contribution in [3.63, 3.8) is 0 Å². The molecule has 1 atom stereocenters. The van der Waals surface area contributed by atoms with Gasteiger partial charge in [0, 0.05) is 25.2 Å². The normalized spacial score (nSPS) is 18.1. The Morgan fingerprint density at radius 1 is 1.39 bits per heavy atom. The van der Waals surface area contributed by atoms with Gasteiger partial charge in [0.05, 0.1) is 11.8 Å². The predicted octanol–water partition coefficient (Wildman–Crippen LogP) is 1.79. The number of fused-ring (bicyclic) bond motifs is 3. The Bertz CT molecular complexity index is 1050. The van der Waals surface area contributed by atoms with Gasteiger partial charge in [0.25, 0.3) is 5.56 Å². The molecule has 0 radical (unpaired) electrons. The zero-order valence-electron chi connectivity index (χ0n) is 16.5. The van der Waals surface area contributed by atoms with Crippen LogP contribution in [0.2, 0.25) is 0 Å². The van der Waals surface area contributed by atoms with Crippen molar-refractivity contribution < 1.29 is 9.21 Å². The molecule has 150 valence electrons. The predicted molar refractivity (Wildman–Crippen MR) is 106 cm³/mol. The Balaban J connectivity index is 1.36. The van der Waals surface area contributed by atoms with Crippen LogP contribution >= 0.6 is 0 Å². The van der Waals surface area contributed by atoms with E-state index in [0.717, 1.165) is 37.5 Å². The number of aromatic nitrogens is 3. The molecular formula is C20H27N5O3. The first-order valence-corrected chi connectivity index (χ1v) is 9.98. The van der Waals surface area contributed by atoms with E-state index in [1.165, 1.54) is 17.5 Å². The second-order valence-electron chi connectivity index (χ2n) is 7.80. The van der Waals surface area contributed by atoms with E-state index in [9.17, 15) is 9.59 Å². The van der Waals surface area contributed by atoms with Gasteiger partial charge in [-0.1, -0.05) is 6.92 Å². The maximum Gasteiger partial charge on any atom is 0.291 e. The van der Waals surface area contributed by atoms with Gasteiger partial charge in [0.15, 0.2) is 5.58 Å². The molecule has 0 aromatic carbocycles. The summed E-state index contributed by atoms with van der Waals surface area (Å²) in [6.07, 6.45) is 5.06. The zero-order valence-corrected chi connectivity index (χ0v) is 16.5. The number of nitrogens with zero attached hydrogens (tertiary/aromatic N) is 4. The van der Waals surface area contributed by atoms with Gasteiger partial charge in [0.2, 0.25) is 5.91 Å². The highest BCUT2D eigenvalue weighted by molar-refractivity contribution is 5.82. The fourth-order valence-electron chi connectivity index (χ4n) is 4.15. The smallest absolute Gasteiger partial charge is 0.291 e. The summed E-state index contributed by atoms with van der Waals surface area (Å²) in [5.74, 6) is 1.20. The number of carbonyl (C=O) groups is 1. The van der Waals surface area contributed by atoms with Crippen molar-refractivity contribution in [1.29, 1.82) is 0 Å². The van der Waals surface area contributed by atoms with Crippen molar-refractivity contribution in [2.24, 2.45) is 5.92 Å². The van der Waals surface area contributed by atoms with E-state index < -0.39 is 0 Å². The number of nitrogens with one attached hydrogen (secondary N) is 1. The molecule has 1 N–H and O–H groups in total. The second-order valence-corrected chi connectivity index (χ2v) is 7.80. The molecule has 0 bridgehead atoms. The number of rotatable bonds is 6. The van der Waals surface area contributed by atoms with Gasteiger partial charge >= 0.3 is 0 Å². The molecule has 4 rings (SSSR count). The van der Waals surface area contributed by atoms with Crippen molar-refractivity contribution in [2.75, 3.05) is 26.2 Å². The summed E-state index contributed by atoms with van der Waals surface area (Å²) in [6, 6.07) is 3.50. The standard InChI is InChI=1S/C20H27N5O3/c1-14-5-3-8-23(12-14)9-4-7-21-19(26)13-24-20(27)17-11-18-16(6-10-28-18)25(17)15(2)22-24/h6,10-11,14H,3-5,7-9,12-13H2,1-2H3,(H,21,26)/t14-/m0/s1. The van der Waals surface area contributed by atoms with E-state index in [2.05, 4.69) is 22.2 Å². The molecule has 8 heteroatoms. The number of carbonyl (C=O) groups excluding carboxylic acids is 1. The topological polar surface area (TPSA) is 84.8 Å². The van der Waals surface area contributed by atoms with Crippen LogP contribution in [0.3, 0.4) is 0 Å². The summed E-state index contributed by atoms with van der Waals surface area (Å²) < 4.78 is 8.36. The van der Waals surface area contributed by atoms with Gasteiger partial charge in [-0.05, 0) is 45.2 Å². The van der Waals surface area contributed by atoms with Crippen molar-refractivity contribution in [1.82, 2.24) is 24.4 Å². The summed E-state index contributed by atoms with van der Waals surface area (Å²) in [5.41, 5.74) is 1.61. The Morgan fingerprint density at radius 3 is 3.07 bits per heavy atom. The minimum Gasteiger partial charge on any atom is -0.463 e. The van der Waals surface area contributed by atoms with Gasteiger partial charge in [0.1, 0.15) is 17.9 Å². The van der Waals surface area contributed by atoms with Crippen molar-refractivity contribution in [3.8, 4) is 0 Å². The molecule has 1 saturated heterocycles. The third-order valence-corrected chi connectivity index (χ3v) is 5.47. The third kappa shape index (κ3) is 3.69. The average Bonchev–Trinajstić information content (AvgIpc) is 3.24. The van der Waals surface area contributed by atoms with Crippen molar-refractivity contribution in [2.45, 2.75) is 39.7 Å². The third-order valence-electron chi connectivity index (χ3n) is 5.47. The fraction of sp³-hybridized carbons (Fsp3) is 0.550. The molecule has 0 spiro atoms. The van der Waals surface area contributed by atoms with Gasteiger partial charge in [-0.15, -0.1) is 0 Å². The van der Waals surface area contributed by atoms with E-state index in [1.54, 1.807) is 22.8 Å². The SMILES string of the molecule is Cc1nn(CC(=O)NCCCN2CCC[C@H](C)C2)c(=O)c2cc3occc3n12. The lowest BCUT2D eigenvalue weighted by Crippen LogP contribution is -2.38. The molecule has 1 aliphatic rings. The molecule has 8 nitrogen and oxygen atoms in total. The number of aryl methyl sites for hydroxylation is 1. The van der Waals surface area contributed by atoms with Gasteiger partial charge < -0.3 is 14.6 Å². The van der Waals surface area contributed by atoms with E-state index in [-0.39, 0.29) is 18.0 Å². The van der Waals surface area contributed by atoms with Crippen LogP contribution in [0.1, 0.15) is 32.0 Å². The second kappa shape index (κ2) is 7.79. The largest absolute Gasteiger partial charge is 0.463 e. The van der Waals surface area contributed by atoms with E-state index in [1.807, 2.05) is 6.92 Å². The first-order chi connectivity index (χ1) is 13.5. The van der Waals surface area contributed by atoms with Gasteiger partial charge in [-0.3, -0.25) is 14.0 Å². The molecule has 3 aromatic rings. The summed E-state index contributed by atoms with van der Waals surface area (Å²) in [4.78, 5) is 27.5. The maximum atomic E-state index is 12.7. The summed E-state index contributed by atoms with van der Waals surface area (Å²) in [7, 11) is 0.